The number of aliphatic hydroxyl groups is 7. The zero-order valence-corrected chi connectivity index (χ0v) is 44.1. The average molecular weight is 971 g/mol. The highest BCUT2D eigenvalue weighted by Gasteiger charge is 2.44. The Labute approximate surface area is 417 Å². The Morgan fingerprint density at radius 2 is 0.868 bits per heavy atom. The molecule has 1 aliphatic heterocycles. The fourth-order valence-electron chi connectivity index (χ4n) is 9.56. The lowest BCUT2D eigenvalue weighted by atomic mass is 9.98. The Kier molecular flexibility index (Phi) is 44.7. The molecule has 11 nitrogen and oxygen atoms in total. The van der Waals surface area contributed by atoms with Gasteiger partial charge >= 0.3 is 0 Å². The number of hydrogen-bond acceptors (Lipinski definition) is 10. The number of unbranched alkanes of at least 4 members (excludes halogenated alkanes) is 36. The molecule has 1 aliphatic rings. The SMILES string of the molecule is CCCCCCCCCCCCCCCC/C=C/CCCC(O)C(O)C(COC1OC(CO)C(O)C(O)C1O)NC(=O)C(O)CCCCCCCCCCCCCCCCCCCCCCCC. The molecule has 1 rings (SSSR count). The number of carbonyl (C=O) groups excluding carboxylic acids is 1. The zero-order chi connectivity index (χ0) is 49.7. The first-order valence-corrected chi connectivity index (χ1v) is 29.1. The van der Waals surface area contributed by atoms with Crippen LogP contribution < -0.4 is 5.32 Å². The highest BCUT2D eigenvalue weighted by atomic mass is 16.7. The summed E-state index contributed by atoms with van der Waals surface area (Å²) in [5.74, 6) is -0.700. The second-order valence-corrected chi connectivity index (χ2v) is 20.7. The number of hydrogen-bond donors (Lipinski definition) is 8. The fraction of sp³-hybridized carbons (Fsp3) is 0.947. The molecule has 1 saturated heterocycles. The van der Waals surface area contributed by atoms with Crippen LogP contribution >= 0.6 is 0 Å². The van der Waals surface area contributed by atoms with Gasteiger partial charge in [-0.25, -0.2) is 0 Å². The van der Waals surface area contributed by atoms with Crippen molar-refractivity contribution in [2.24, 2.45) is 0 Å². The van der Waals surface area contributed by atoms with Crippen LogP contribution in [0.15, 0.2) is 12.2 Å². The van der Waals surface area contributed by atoms with Crippen molar-refractivity contribution in [2.45, 2.75) is 332 Å². The molecule has 0 aromatic heterocycles. The minimum atomic E-state index is -1.66. The van der Waals surface area contributed by atoms with Gasteiger partial charge in [-0.05, 0) is 38.5 Å². The number of ether oxygens (including phenoxy) is 2. The van der Waals surface area contributed by atoms with Crippen LogP contribution in [0.1, 0.15) is 277 Å². The highest BCUT2D eigenvalue weighted by molar-refractivity contribution is 5.80. The molecule has 9 atom stereocenters. The lowest BCUT2D eigenvalue weighted by molar-refractivity contribution is -0.303. The quantitative estimate of drug-likeness (QED) is 0.0215. The first-order valence-electron chi connectivity index (χ1n) is 29.1. The van der Waals surface area contributed by atoms with Crippen molar-refractivity contribution in [1.82, 2.24) is 5.32 Å². The smallest absolute Gasteiger partial charge is 0.249 e. The number of amides is 1. The summed E-state index contributed by atoms with van der Waals surface area (Å²) in [6, 6.07) is -1.18. The van der Waals surface area contributed by atoms with Crippen molar-refractivity contribution in [3.63, 3.8) is 0 Å². The van der Waals surface area contributed by atoms with Crippen LogP contribution in [0.4, 0.5) is 0 Å². The van der Waals surface area contributed by atoms with E-state index in [1.165, 1.54) is 199 Å². The molecule has 0 bridgehead atoms. The van der Waals surface area contributed by atoms with Gasteiger partial charge in [-0.2, -0.15) is 0 Å². The summed E-state index contributed by atoms with van der Waals surface area (Å²) in [7, 11) is 0. The Morgan fingerprint density at radius 1 is 0.500 bits per heavy atom. The Bertz CT molecular complexity index is 1110. The van der Waals surface area contributed by atoms with E-state index in [2.05, 4.69) is 31.3 Å². The van der Waals surface area contributed by atoms with E-state index in [-0.39, 0.29) is 12.8 Å². The van der Waals surface area contributed by atoms with Gasteiger partial charge in [0.05, 0.1) is 25.4 Å². The number of rotatable bonds is 50. The van der Waals surface area contributed by atoms with E-state index in [1.54, 1.807) is 0 Å². The van der Waals surface area contributed by atoms with Crippen molar-refractivity contribution in [3.8, 4) is 0 Å². The Balaban J connectivity index is 2.32. The van der Waals surface area contributed by atoms with Gasteiger partial charge in [0.25, 0.3) is 0 Å². The largest absolute Gasteiger partial charge is 0.394 e. The maximum Gasteiger partial charge on any atom is 0.249 e. The third-order valence-electron chi connectivity index (χ3n) is 14.3. The predicted octanol–water partition coefficient (Wildman–Crippen LogP) is 12.0. The molecule has 1 amide bonds. The van der Waals surface area contributed by atoms with E-state index >= 15 is 0 Å². The number of carbonyl (C=O) groups is 1. The van der Waals surface area contributed by atoms with E-state index in [0.29, 0.717) is 12.8 Å². The van der Waals surface area contributed by atoms with Gasteiger partial charge in [-0.1, -0.05) is 251 Å². The number of nitrogens with one attached hydrogen (secondary N) is 1. The molecule has 9 unspecified atom stereocenters. The first kappa shape index (κ1) is 64.9. The molecule has 0 spiro atoms. The van der Waals surface area contributed by atoms with Gasteiger partial charge in [-0.15, -0.1) is 0 Å². The van der Waals surface area contributed by atoms with Crippen molar-refractivity contribution >= 4 is 5.91 Å². The predicted molar refractivity (Wildman–Crippen MR) is 279 cm³/mol. The third-order valence-corrected chi connectivity index (χ3v) is 14.3. The average Bonchev–Trinajstić information content (AvgIpc) is 3.34. The van der Waals surface area contributed by atoms with Crippen molar-refractivity contribution in [2.75, 3.05) is 13.2 Å². The highest BCUT2D eigenvalue weighted by Crippen LogP contribution is 2.23. The molecule has 11 heteroatoms. The van der Waals surface area contributed by atoms with Crippen LogP contribution in [-0.4, -0.2) is 110 Å². The van der Waals surface area contributed by atoms with Crippen molar-refractivity contribution in [1.29, 1.82) is 0 Å². The van der Waals surface area contributed by atoms with Crippen LogP contribution in [0, 0.1) is 0 Å². The Morgan fingerprint density at radius 3 is 1.26 bits per heavy atom. The summed E-state index contributed by atoms with van der Waals surface area (Å²) >= 11 is 0. The number of aliphatic hydroxyl groups excluding tert-OH is 7. The summed E-state index contributed by atoms with van der Waals surface area (Å²) in [5.41, 5.74) is 0. The molecule has 0 aromatic rings. The van der Waals surface area contributed by atoms with Crippen molar-refractivity contribution in [3.05, 3.63) is 12.2 Å². The van der Waals surface area contributed by atoms with Crippen molar-refractivity contribution < 1.29 is 50.0 Å². The van der Waals surface area contributed by atoms with Crippen LogP contribution in [0.25, 0.3) is 0 Å². The fourth-order valence-corrected chi connectivity index (χ4v) is 9.56. The normalized spacial score (nSPS) is 20.5. The van der Waals surface area contributed by atoms with Gasteiger partial charge in [-0.3, -0.25) is 4.79 Å². The molecule has 1 heterocycles. The molecular formula is C57H111NO10. The summed E-state index contributed by atoms with van der Waals surface area (Å²) in [6.45, 7) is 3.48. The molecule has 0 saturated carbocycles. The van der Waals surface area contributed by atoms with Gasteiger partial charge in [0.1, 0.15) is 36.6 Å². The molecule has 8 N–H and O–H groups in total. The summed E-state index contributed by atoms with van der Waals surface area (Å²) in [5, 5.41) is 76.1. The maximum absolute atomic E-state index is 13.2. The van der Waals surface area contributed by atoms with Gasteiger partial charge < -0.3 is 50.5 Å². The van der Waals surface area contributed by atoms with E-state index in [9.17, 15) is 40.5 Å². The van der Waals surface area contributed by atoms with Gasteiger partial charge in [0, 0.05) is 0 Å². The second kappa shape index (κ2) is 46.9. The summed E-state index contributed by atoms with van der Waals surface area (Å²) < 4.78 is 11.1. The molecule has 0 aliphatic carbocycles. The molecule has 0 radical (unpaired) electrons. The lowest BCUT2D eigenvalue weighted by Gasteiger charge is -2.40. The first-order chi connectivity index (χ1) is 33.2. The maximum atomic E-state index is 13.2. The summed E-state index contributed by atoms with van der Waals surface area (Å²) in [4.78, 5) is 13.2. The summed E-state index contributed by atoms with van der Waals surface area (Å²) in [6.07, 6.45) is 42.7. The minimum Gasteiger partial charge on any atom is -0.394 e. The van der Waals surface area contributed by atoms with Crippen LogP contribution in [0.3, 0.4) is 0 Å². The minimum absolute atomic E-state index is 0.260. The van der Waals surface area contributed by atoms with E-state index in [4.69, 9.17) is 9.47 Å². The second-order valence-electron chi connectivity index (χ2n) is 20.7. The monoisotopic (exact) mass is 970 g/mol. The third kappa shape index (κ3) is 35.1. The van der Waals surface area contributed by atoms with E-state index < -0.39 is 74.2 Å². The molecule has 0 aromatic carbocycles. The molecule has 404 valence electrons. The van der Waals surface area contributed by atoms with Crippen LogP contribution in [0.2, 0.25) is 0 Å². The molecule has 1 fully saturated rings. The zero-order valence-electron chi connectivity index (χ0n) is 44.1. The topological polar surface area (TPSA) is 189 Å². The standard InChI is InChI=1S/C57H111NO10/c1-3-5-7-9-11-13-15-17-19-21-23-24-25-27-29-31-33-35-37-39-41-43-45-50(61)56(66)58-48(47-67-57-55(65)54(64)53(63)51(46-59)68-57)52(62)49(60)44-42-40-38-36-34-32-30-28-26-22-20-18-16-14-12-10-8-6-4-2/h36,38,48-55,57,59-65H,3-35,37,39-47H2,1-2H3,(H,58,66)/b38-36+. The van der Waals surface area contributed by atoms with Gasteiger partial charge in [0.15, 0.2) is 6.29 Å². The van der Waals surface area contributed by atoms with E-state index in [1.807, 2.05) is 0 Å². The lowest BCUT2D eigenvalue weighted by Crippen LogP contribution is -2.60. The van der Waals surface area contributed by atoms with Gasteiger partial charge in [0.2, 0.25) is 5.91 Å². The number of allylic oxidation sites excluding steroid dienone is 2. The van der Waals surface area contributed by atoms with Crippen LogP contribution in [-0.2, 0) is 14.3 Å². The van der Waals surface area contributed by atoms with Crippen LogP contribution in [0.5, 0.6) is 0 Å². The molecular weight excluding hydrogens is 859 g/mol. The Hall–Kier alpha value is -1.15. The molecule has 68 heavy (non-hydrogen) atoms. The van der Waals surface area contributed by atoms with E-state index in [0.717, 1.165) is 38.5 Å².